The zero-order valence-electron chi connectivity index (χ0n) is 8.79. The van der Waals surface area contributed by atoms with Crippen LogP contribution in [0.2, 0.25) is 0 Å². The number of unbranched alkanes of at least 4 members (excludes halogenated alkanes) is 1. The summed E-state index contributed by atoms with van der Waals surface area (Å²) < 4.78 is 0. The molecule has 1 rings (SSSR count). The van der Waals surface area contributed by atoms with Crippen molar-refractivity contribution in [3.63, 3.8) is 0 Å². The van der Waals surface area contributed by atoms with Gasteiger partial charge in [-0.25, -0.2) is 0 Å². The zero-order valence-corrected chi connectivity index (χ0v) is 10.4. The first kappa shape index (κ1) is 12.2. The van der Waals surface area contributed by atoms with Crippen LogP contribution >= 0.6 is 15.9 Å². The van der Waals surface area contributed by atoms with Gasteiger partial charge < -0.3 is 5.32 Å². The summed E-state index contributed by atoms with van der Waals surface area (Å²) in [4.78, 5) is 15.5. The fraction of sp³-hybridized carbons (Fsp3) is 0.455. The minimum atomic E-state index is 0.0709. The van der Waals surface area contributed by atoms with Crippen LogP contribution in [0.15, 0.2) is 18.3 Å². The molecule has 4 heteroatoms. The molecule has 0 spiro atoms. The van der Waals surface area contributed by atoms with Gasteiger partial charge in [0.05, 0.1) is 0 Å². The lowest BCUT2D eigenvalue weighted by atomic mass is 10.2. The smallest absolute Gasteiger partial charge is 0.224 e. The largest absolute Gasteiger partial charge is 0.326 e. The lowest BCUT2D eigenvalue weighted by Gasteiger charge is -2.04. The predicted molar refractivity (Wildman–Crippen MR) is 65.2 cm³/mol. The van der Waals surface area contributed by atoms with Gasteiger partial charge >= 0.3 is 0 Å². The van der Waals surface area contributed by atoms with Crippen molar-refractivity contribution in [3.8, 4) is 0 Å². The third-order valence-electron chi connectivity index (χ3n) is 1.97. The summed E-state index contributed by atoms with van der Waals surface area (Å²) in [5.74, 6) is 0.0709. The number of halogens is 1. The van der Waals surface area contributed by atoms with Crippen LogP contribution in [0.25, 0.3) is 0 Å². The summed E-state index contributed by atoms with van der Waals surface area (Å²) in [6, 6.07) is 3.66. The molecule has 1 N–H and O–H groups in total. The molecule has 1 heterocycles. The molecule has 0 aliphatic heterocycles. The Morgan fingerprint density at radius 2 is 2.33 bits per heavy atom. The minimum absolute atomic E-state index is 0.0709. The van der Waals surface area contributed by atoms with Gasteiger partial charge in [0.2, 0.25) is 5.91 Å². The van der Waals surface area contributed by atoms with Crippen LogP contribution in [0.1, 0.15) is 25.0 Å². The number of rotatable bonds is 5. The lowest BCUT2D eigenvalue weighted by molar-refractivity contribution is -0.116. The van der Waals surface area contributed by atoms with E-state index in [1.807, 2.05) is 13.0 Å². The van der Waals surface area contributed by atoms with Crippen LogP contribution in [-0.2, 0) is 4.79 Å². The highest BCUT2D eigenvalue weighted by molar-refractivity contribution is 9.09. The molecule has 1 aromatic heterocycles. The summed E-state index contributed by atoms with van der Waals surface area (Å²) >= 11 is 3.34. The standard InChI is InChI=1S/C11H15BrN2O/c1-9-8-10(5-7-13-9)14-11(15)4-2-3-6-12/h5,7-8H,2-4,6H2,1H3,(H,13,14,15). The highest BCUT2D eigenvalue weighted by atomic mass is 79.9. The van der Waals surface area contributed by atoms with Crippen molar-refractivity contribution in [1.29, 1.82) is 0 Å². The van der Waals surface area contributed by atoms with Crippen molar-refractivity contribution >= 4 is 27.5 Å². The van der Waals surface area contributed by atoms with Gasteiger partial charge in [0.1, 0.15) is 0 Å². The van der Waals surface area contributed by atoms with Gasteiger partial charge in [-0.05, 0) is 31.9 Å². The molecule has 0 saturated heterocycles. The quantitative estimate of drug-likeness (QED) is 0.661. The van der Waals surface area contributed by atoms with Crippen LogP contribution in [-0.4, -0.2) is 16.2 Å². The molecule has 0 fully saturated rings. The number of carbonyl (C=O) groups is 1. The fourth-order valence-electron chi connectivity index (χ4n) is 1.23. The lowest BCUT2D eigenvalue weighted by Crippen LogP contribution is -2.11. The average Bonchev–Trinajstić information content (AvgIpc) is 2.18. The number of hydrogen-bond donors (Lipinski definition) is 1. The van der Waals surface area contributed by atoms with Gasteiger partial charge in [0.15, 0.2) is 0 Å². The number of aromatic nitrogens is 1. The van der Waals surface area contributed by atoms with Crippen molar-refractivity contribution in [2.75, 3.05) is 10.6 Å². The Balaban J connectivity index is 2.37. The van der Waals surface area contributed by atoms with E-state index in [0.717, 1.165) is 29.6 Å². The number of nitrogens with zero attached hydrogens (tertiary/aromatic N) is 1. The fourth-order valence-corrected chi connectivity index (χ4v) is 1.62. The number of hydrogen-bond acceptors (Lipinski definition) is 2. The minimum Gasteiger partial charge on any atom is -0.326 e. The molecule has 3 nitrogen and oxygen atoms in total. The summed E-state index contributed by atoms with van der Waals surface area (Å²) in [7, 11) is 0. The number of anilines is 1. The second-order valence-electron chi connectivity index (χ2n) is 3.38. The Bertz CT molecular complexity index is 328. The monoisotopic (exact) mass is 270 g/mol. The molecule has 0 unspecified atom stereocenters. The Morgan fingerprint density at radius 3 is 3.00 bits per heavy atom. The van der Waals surface area contributed by atoms with E-state index in [9.17, 15) is 4.79 Å². The Labute approximate surface area is 98.4 Å². The zero-order chi connectivity index (χ0) is 11.1. The predicted octanol–water partition coefficient (Wildman–Crippen LogP) is 2.89. The van der Waals surface area contributed by atoms with E-state index in [2.05, 4.69) is 26.2 Å². The van der Waals surface area contributed by atoms with Crippen LogP contribution in [0.3, 0.4) is 0 Å². The maximum atomic E-state index is 11.5. The van der Waals surface area contributed by atoms with Crippen molar-refractivity contribution in [2.45, 2.75) is 26.2 Å². The van der Waals surface area contributed by atoms with Crippen LogP contribution in [0.5, 0.6) is 0 Å². The highest BCUT2D eigenvalue weighted by Gasteiger charge is 2.01. The van der Waals surface area contributed by atoms with Crippen LogP contribution in [0.4, 0.5) is 5.69 Å². The van der Waals surface area contributed by atoms with E-state index in [0.29, 0.717) is 6.42 Å². The topological polar surface area (TPSA) is 42.0 Å². The molecule has 1 amide bonds. The first-order chi connectivity index (χ1) is 7.22. The third-order valence-corrected chi connectivity index (χ3v) is 2.53. The van der Waals surface area contributed by atoms with Gasteiger partial charge in [-0.15, -0.1) is 0 Å². The van der Waals surface area contributed by atoms with Crippen molar-refractivity contribution in [3.05, 3.63) is 24.0 Å². The van der Waals surface area contributed by atoms with E-state index in [1.54, 1.807) is 12.3 Å². The summed E-state index contributed by atoms with van der Waals surface area (Å²) in [5, 5.41) is 3.80. The molecule has 82 valence electrons. The highest BCUT2D eigenvalue weighted by Crippen LogP contribution is 2.08. The number of aryl methyl sites for hydroxylation is 1. The Kier molecular flexibility index (Phi) is 5.32. The first-order valence-corrected chi connectivity index (χ1v) is 6.13. The Morgan fingerprint density at radius 1 is 1.53 bits per heavy atom. The van der Waals surface area contributed by atoms with Gasteiger partial charge in [-0.1, -0.05) is 15.9 Å². The first-order valence-electron chi connectivity index (χ1n) is 5.01. The molecular formula is C11H15BrN2O. The number of carbonyl (C=O) groups excluding carboxylic acids is 1. The summed E-state index contributed by atoms with van der Waals surface area (Å²) in [6.07, 6.45) is 4.22. The molecule has 0 radical (unpaired) electrons. The van der Waals surface area contributed by atoms with E-state index < -0.39 is 0 Å². The van der Waals surface area contributed by atoms with E-state index >= 15 is 0 Å². The van der Waals surface area contributed by atoms with Crippen molar-refractivity contribution in [2.24, 2.45) is 0 Å². The van der Waals surface area contributed by atoms with Crippen molar-refractivity contribution in [1.82, 2.24) is 4.98 Å². The van der Waals surface area contributed by atoms with E-state index in [1.165, 1.54) is 0 Å². The molecular weight excluding hydrogens is 256 g/mol. The number of alkyl halides is 1. The molecule has 0 bridgehead atoms. The molecule has 0 aromatic carbocycles. The van der Waals surface area contributed by atoms with Gasteiger partial charge in [-0.2, -0.15) is 0 Å². The van der Waals surface area contributed by atoms with Crippen molar-refractivity contribution < 1.29 is 4.79 Å². The normalized spacial score (nSPS) is 10.0. The second kappa shape index (κ2) is 6.56. The molecule has 0 saturated carbocycles. The maximum absolute atomic E-state index is 11.5. The second-order valence-corrected chi connectivity index (χ2v) is 4.17. The van der Waals surface area contributed by atoms with Crippen LogP contribution in [0, 0.1) is 6.92 Å². The number of pyridine rings is 1. The van der Waals surface area contributed by atoms with Crippen LogP contribution < -0.4 is 5.32 Å². The third kappa shape index (κ3) is 4.93. The summed E-state index contributed by atoms with van der Waals surface area (Å²) in [5.41, 5.74) is 1.74. The van der Waals surface area contributed by atoms with Gasteiger partial charge in [-0.3, -0.25) is 9.78 Å². The van der Waals surface area contributed by atoms with Gasteiger partial charge in [0.25, 0.3) is 0 Å². The molecule has 1 aromatic rings. The summed E-state index contributed by atoms with van der Waals surface area (Å²) in [6.45, 7) is 1.90. The molecule has 0 aliphatic rings. The Hall–Kier alpha value is -0.900. The van der Waals surface area contributed by atoms with E-state index in [4.69, 9.17) is 0 Å². The van der Waals surface area contributed by atoms with E-state index in [-0.39, 0.29) is 5.91 Å². The number of amides is 1. The maximum Gasteiger partial charge on any atom is 0.224 e. The molecule has 15 heavy (non-hydrogen) atoms. The number of nitrogens with one attached hydrogen (secondary N) is 1. The molecule has 0 aliphatic carbocycles. The average molecular weight is 271 g/mol. The van der Waals surface area contributed by atoms with Gasteiger partial charge in [0, 0.05) is 29.3 Å². The molecule has 0 atom stereocenters. The SMILES string of the molecule is Cc1cc(NC(=O)CCCCBr)ccn1.